The van der Waals surface area contributed by atoms with Crippen molar-refractivity contribution < 1.29 is 0 Å². The molecule has 420 valence electrons. The van der Waals surface area contributed by atoms with Crippen LogP contribution in [0.5, 0.6) is 0 Å². The van der Waals surface area contributed by atoms with Crippen molar-refractivity contribution in [1.82, 2.24) is 19.1 Å². The molecule has 0 saturated heterocycles. The highest BCUT2D eigenvalue weighted by Gasteiger charge is 2.45. The van der Waals surface area contributed by atoms with Crippen molar-refractivity contribution in [2.24, 2.45) is 0 Å². The van der Waals surface area contributed by atoms with Gasteiger partial charge in [-0.15, -0.1) is 0 Å². The Balaban J connectivity index is 0.903. The van der Waals surface area contributed by atoms with Crippen LogP contribution in [0.4, 0.5) is 0 Å². The highest BCUT2D eigenvalue weighted by molar-refractivity contribution is 7.21. The zero-order chi connectivity index (χ0) is 59.2. The zero-order valence-corrected chi connectivity index (χ0v) is 51.9. The Morgan fingerprint density at radius 3 is 0.719 bits per heavy atom. The summed E-state index contributed by atoms with van der Waals surface area (Å²) >= 11 is 0. The molecule has 0 aliphatic heterocycles. The number of hydrogen-bond donors (Lipinski definition) is 0. The SMILES string of the molecule is c1ccc([Si](c2ccccc2)(c2cccc(-n3c4ccc([Si](c5ccccc5)(c5ccccc5)c5ccccc5)cc4c4ncccc43)c2)c2cccc(-n3c4ccc([Si](c5ccccc5)(c5ccccc5)c5ccccc5)cc4c4ncccc43)c2)cc1. The van der Waals surface area contributed by atoms with Crippen LogP contribution in [0.15, 0.2) is 364 Å². The van der Waals surface area contributed by atoms with Crippen molar-refractivity contribution in [3.63, 3.8) is 0 Å². The van der Waals surface area contributed by atoms with Crippen LogP contribution in [0.25, 0.3) is 55.2 Å². The predicted molar refractivity (Wildman–Crippen MR) is 382 cm³/mol. The summed E-state index contributed by atoms with van der Waals surface area (Å²) in [5, 5.41) is 18.1. The van der Waals surface area contributed by atoms with Crippen LogP contribution in [0.1, 0.15) is 0 Å². The van der Waals surface area contributed by atoms with Gasteiger partial charge in [-0.2, -0.15) is 0 Å². The van der Waals surface area contributed by atoms with E-state index in [9.17, 15) is 0 Å². The summed E-state index contributed by atoms with van der Waals surface area (Å²) in [5.74, 6) is 0. The standard InChI is InChI=1S/C82H60N4Si3/c1-9-31-63(32-10-1)87(64-33-11-2-12-34-64,65-35-13-3-14-36-65)73-51-53-77-75(59-73)81-79(49-27-55-83-81)85(77)61-29-25-47-71(57-61)89(69-43-21-7-22-44-69,70-45-23-8-24-46-70)72-48-26-30-62(58-72)86-78-54-52-74(60-76(78)82-80(86)50-28-56-84-82)88(66-37-15-4-16-38-66,67-39-17-5-18-40-67)68-41-19-6-20-42-68/h1-60H. The van der Waals surface area contributed by atoms with E-state index in [-0.39, 0.29) is 0 Å². The van der Waals surface area contributed by atoms with Crippen LogP contribution >= 0.6 is 0 Å². The predicted octanol–water partition coefficient (Wildman–Crippen LogP) is 10.8. The molecule has 0 aliphatic rings. The van der Waals surface area contributed by atoms with Gasteiger partial charge in [0.1, 0.15) is 0 Å². The highest BCUT2D eigenvalue weighted by Crippen LogP contribution is 2.33. The summed E-state index contributed by atoms with van der Waals surface area (Å²) in [5.41, 5.74) is 8.50. The van der Waals surface area contributed by atoms with Gasteiger partial charge in [-0.25, -0.2) is 0 Å². The van der Waals surface area contributed by atoms with Gasteiger partial charge in [-0.1, -0.05) is 291 Å². The second-order valence-electron chi connectivity index (χ2n) is 23.2. The maximum absolute atomic E-state index is 5.24. The molecule has 0 amide bonds. The first-order valence-corrected chi connectivity index (χ1v) is 36.6. The lowest BCUT2D eigenvalue weighted by atomic mass is 10.2. The molecule has 0 N–H and O–H groups in total. The molecule has 4 nitrogen and oxygen atoms in total. The number of hydrogen-bond acceptors (Lipinski definition) is 2. The summed E-state index contributed by atoms with van der Waals surface area (Å²) in [4.78, 5) is 10.5. The first kappa shape index (κ1) is 53.6. The average Bonchev–Trinajstić information content (AvgIpc) is 1.62. The normalized spacial score (nSPS) is 12.0. The van der Waals surface area contributed by atoms with Gasteiger partial charge in [-0.05, 0) is 123 Å². The van der Waals surface area contributed by atoms with Gasteiger partial charge in [-0.3, -0.25) is 9.97 Å². The van der Waals surface area contributed by atoms with E-state index in [1.165, 1.54) is 62.2 Å². The fourth-order valence-electron chi connectivity index (χ4n) is 15.0. The van der Waals surface area contributed by atoms with E-state index in [1.807, 2.05) is 12.4 Å². The molecule has 4 heterocycles. The molecule has 0 saturated carbocycles. The zero-order valence-electron chi connectivity index (χ0n) is 48.9. The first-order chi connectivity index (χ1) is 44.2. The van der Waals surface area contributed by atoms with Crippen molar-refractivity contribution in [1.29, 1.82) is 0 Å². The molecule has 16 aromatic rings. The van der Waals surface area contributed by atoms with Gasteiger partial charge >= 0.3 is 0 Å². The van der Waals surface area contributed by atoms with Crippen LogP contribution in [0.2, 0.25) is 0 Å². The third-order valence-corrected chi connectivity index (χ3v) is 32.9. The van der Waals surface area contributed by atoms with Crippen LogP contribution < -0.4 is 62.2 Å². The van der Waals surface area contributed by atoms with Gasteiger partial charge in [0, 0.05) is 34.5 Å². The number of nitrogens with zero attached hydrogens (tertiary/aromatic N) is 4. The van der Waals surface area contributed by atoms with Crippen molar-refractivity contribution in [3.05, 3.63) is 364 Å². The lowest BCUT2D eigenvalue weighted by Gasteiger charge is -2.35. The number of rotatable bonds is 14. The summed E-state index contributed by atoms with van der Waals surface area (Å²) in [6.45, 7) is 0. The molecule has 16 rings (SSSR count). The fourth-order valence-corrected chi connectivity index (χ4v) is 29.3. The molecule has 0 atom stereocenters. The molecule has 0 bridgehead atoms. The summed E-state index contributed by atoms with van der Waals surface area (Å²) < 4.78 is 4.91. The Hall–Kier alpha value is -10.8. The Morgan fingerprint density at radius 1 is 0.191 bits per heavy atom. The topological polar surface area (TPSA) is 35.6 Å². The summed E-state index contributed by atoms with van der Waals surface area (Å²) in [6.07, 6.45) is 3.89. The summed E-state index contributed by atoms with van der Waals surface area (Å²) in [6, 6.07) is 132. The average molecular weight is 1190 g/mol. The maximum atomic E-state index is 5.24. The van der Waals surface area contributed by atoms with Crippen molar-refractivity contribution in [2.45, 2.75) is 0 Å². The molecule has 7 heteroatoms. The highest BCUT2D eigenvalue weighted by atomic mass is 28.3. The van der Waals surface area contributed by atoms with E-state index in [0.29, 0.717) is 0 Å². The molecular weight excluding hydrogens is 1130 g/mol. The smallest absolute Gasteiger partial charge is 0.179 e. The Bertz CT molecular complexity index is 4660. The van der Waals surface area contributed by atoms with E-state index in [1.54, 1.807) is 0 Å². The molecule has 0 radical (unpaired) electrons. The Morgan fingerprint density at radius 2 is 0.438 bits per heavy atom. The molecular formula is C82H60N4Si3. The second kappa shape index (κ2) is 22.5. The molecule has 0 unspecified atom stereocenters. The van der Waals surface area contributed by atoms with Crippen LogP contribution in [-0.4, -0.2) is 43.3 Å². The lowest BCUT2D eigenvalue weighted by Crippen LogP contribution is -2.74. The van der Waals surface area contributed by atoms with Crippen molar-refractivity contribution >= 4 is 130 Å². The van der Waals surface area contributed by atoms with Gasteiger partial charge in [0.2, 0.25) is 0 Å². The molecule has 4 aromatic heterocycles. The number of aromatic nitrogens is 4. The van der Waals surface area contributed by atoms with Crippen LogP contribution in [0.3, 0.4) is 0 Å². The van der Waals surface area contributed by atoms with E-state index in [4.69, 9.17) is 9.97 Å². The van der Waals surface area contributed by atoms with E-state index >= 15 is 0 Å². The van der Waals surface area contributed by atoms with Gasteiger partial charge in [0.15, 0.2) is 24.2 Å². The number of pyridine rings is 2. The van der Waals surface area contributed by atoms with Crippen LogP contribution in [-0.2, 0) is 0 Å². The van der Waals surface area contributed by atoms with E-state index < -0.39 is 24.2 Å². The third kappa shape index (κ3) is 8.61. The summed E-state index contributed by atoms with van der Waals surface area (Å²) in [7, 11) is -8.92. The number of fused-ring (bicyclic) bond motifs is 6. The number of benzene rings is 12. The van der Waals surface area contributed by atoms with Crippen molar-refractivity contribution in [2.75, 3.05) is 0 Å². The lowest BCUT2D eigenvalue weighted by molar-refractivity contribution is 1.18. The van der Waals surface area contributed by atoms with E-state index in [2.05, 4.69) is 361 Å². The molecule has 0 fully saturated rings. The van der Waals surface area contributed by atoms with Gasteiger partial charge in [0.05, 0.1) is 33.1 Å². The third-order valence-electron chi connectivity index (χ3n) is 18.6. The van der Waals surface area contributed by atoms with E-state index in [0.717, 1.165) is 55.2 Å². The minimum absolute atomic E-state index is 0.982. The van der Waals surface area contributed by atoms with Crippen molar-refractivity contribution in [3.8, 4) is 11.4 Å². The van der Waals surface area contributed by atoms with Gasteiger partial charge in [0.25, 0.3) is 0 Å². The quantitative estimate of drug-likeness (QED) is 0.0804. The molecule has 0 spiro atoms. The molecule has 89 heavy (non-hydrogen) atoms. The Labute approximate surface area is 521 Å². The molecule has 0 aliphatic carbocycles. The Kier molecular flexibility index (Phi) is 13.5. The second-order valence-corrected chi connectivity index (χ2v) is 34.6. The first-order valence-electron chi connectivity index (χ1n) is 30.6. The fraction of sp³-hybridized carbons (Fsp3) is 0. The minimum Gasteiger partial charge on any atom is -0.308 e. The molecule has 12 aromatic carbocycles. The minimum atomic E-state index is -3.20. The monoisotopic (exact) mass is 1180 g/mol. The maximum Gasteiger partial charge on any atom is 0.179 e. The largest absolute Gasteiger partial charge is 0.308 e. The van der Waals surface area contributed by atoms with Gasteiger partial charge < -0.3 is 9.13 Å². The van der Waals surface area contributed by atoms with Crippen LogP contribution in [0, 0.1) is 0 Å².